The first-order valence-corrected chi connectivity index (χ1v) is 3.95. The summed E-state index contributed by atoms with van der Waals surface area (Å²) in [5, 5.41) is 8.42. The second kappa shape index (κ2) is 4.58. The topological polar surface area (TPSA) is 38.0 Å². The SMILES string of the molecule is CCn1ccnc1CC#CCO. The molecule has 3 heteroatoms. The molecule has 1 N–H and O–H groups in total. The van der Waals surface area contributed by atoms with Gasteiger partial charge in [-0.05, 0) is 6.92 Å². The normalized spacial score (nSPS) is 9.17. The van der Waals surface area contributed by atoms with Crippen molar-refractivity contribution in [2.75, 3.05) is 6.61 Å². The number of rotatable bonds is 2. The minimum absolute atomic E-state index is 0.0766. The fraction of sp³-hybridized carbons (Fsp3) is 0.444. The van der Waals surface area contributed by atoms with E-state index in [2.05, 4.69) is 23.7 Å². The van der Waals surface area contributed by atoms with Crippen LogP contribution in [0.1, 0.15) is 12.7 Å². The number of aliphatic hydroxyl groups is 1. The summed E-state index contributed by atoms with van der Waals surface area (Å²) in [6.07, 6.45) is 4.30. The van der Waals surface area contributed by atoms with Gasteiger partial charge in [0.25, 0.3) is 0 Å². The Kier molecular flexibility index (Phi) is 3.36. The quantitative estimate of drug-likeness (QED) is 0.644. The van der Waals surface area contributed by atoms with E-state index in [4.69, 9.17) is 5.11 Å². The maximum Gasteiger partial charge on any atom is 0.120 e. The highest BCUT2D eigenvalue weighted by molar-refractivity contribution is 5.08. The molecule has 0 aliphatic rings. The van der Waals surface area contributed by atoms with Gasteiger partial charge in [-0.15, -0.1) is 0 Å². The molecular weight excluding hydrogens is 152 g/mol. The van der Waals surface area contributed by atoms with E-state index in [0.717, 1.165) is 12.4 Å². The Morgan fingerprint density at radius 1 is 1.58 bits per heavy atom. The number of aromatic nitrogens is 2. The van der Waals surface area contributed by atoms with Crippen LogP contribution in [0.15, 0.2) is 12.4 Å². The van der Waals surface area contributed by atoms with Crippen molar-refractivity contribution in [3.05, 3.63) is 18.2 Å². The molecular formula is C9H12N2O. The molecule has 12 heavy (non-hydrogen) atoms. The monoisotopic (exact) mass is 164 g/mol. The lowest BCUT2D eigenvalue weighted by Gasteiger charge is -1.98. The third-order valence-corrected chi connectivity index (χ3v) is 1.59. The minimum atomic E-state index is -0.0766. The van der Waals surface area contributed by atoms with E-state index < -0.39 is 0 Å². The summed E-state index contributed by atoms with van der Waals surface area (Å²) < 4.78 is 2.03. The fourth-order valence-corrected chi connectivity index (χ4v) is 0.993. The van der Waals surface area contributed by atoms with Crippen molar-refractivity contribution in [3.63, 3.8) is 0 Å². The lowest BCUT2D eigenvalue weighted by molar-refractivity contribution is 0.350. The molecule has 0 saturated heterocycles. The van der Waals surface area contributed by atoms with Crippen molar-refractivity contribution >= 4 is 0 Å². The highest BCUT2D eigenvalue weighted by atomic mass is 16.2. The highest BCUT2D eigenvalue weighted by Crippen LogP contribution is 1.96. The van der Waals surface area contributed by atoms with Gasteiger partial charge in [-0.1, -0.05) is 11.8 Å². The van der Waals surface area contributed by atoms with Gasteiger partial charge in [-0.25, -0.2) is 4.98 Å². The van der Waals surface area contributed by atoms with Crippen LogP contribution in [0.5, 0.6) is 0 Å². The Morgan fingerprint density at radius 2 is 2.42 bits per heavy atom. The van der Waals surface area contributed by atoms with Crippen molar-refractivity contribution in [2.24, 2.45) is 0 Å². The Labute approximate surface area is 72.1 Å². The van der Waals surface area contributed by atoms with E-state index in [1.807, 2.05) is 10.8 Å². The lowest BCUT2D eigenvalue weighted by Crippen LogP contribution is -1.99. The number of hydrogen-bond donors (Lipinski definition) is 1. The van der Waals surface area contributed by atoms with Crippen LogP contribution in [0.25, 0.3) is 0 Å². The van der Waals surface area contributed by atoms with Crippen LogP contribution >= 0.6 is 0 Å². The number of aryl methyl sites for hydroxylation is 1. The zero-order valence-electron chi connectivity index (χ0n) is 7.12. The van der Waals surface area contributed by atoms with Gasteiger partial charge in [0.2, 0.25) is 0 Å². The summed E-state index contributed by atoms with van der Waals surface area (Å²) in [6.45, 7) is 2.90. The van der Waals surface area contributed by atoms with Crippen LogP contribution in [0, 0.1) is 11.8 Å². The van der Waals surface area contributed by atoms with E-state index in [1.54, 1.807) is 6.20 Å². The average molecular weight is 164 g/mol. The summed E-state index contributed by atoms with van der Waals surface area (Å²) in [4.78, 5) is 4.14. The second-order valence-electron chi connectivity index (χ2n) is 2.32. The third kappa shape index (κ3) is 2.11. The molecule has 1 aromatic rings. The van der Waals surface area contributed by atoms with Gasteiger partial charge in [-0.3, -0.25) is 0 Å². The van der Waals surface area contributed by atoms with Gasteiger partial charge in [0, 0.05) is 18.9 Å². The summed E-state index contributed by atoms with van der Waals surface area (Å²) in [7, 11) is 0. The molecule has 0 aromatic carbocycles. The third-order valence-electron chi connectivity index (χ3n) is 1.59. The van der Waals surface area contributed by atoms with Crippen molar-refractivity contribution in [1.29, 1.82) is 0 Å². The molecule has 0 aliphatic heterocycles. The number of hydrogen-bond acceptors (Lipinski definition) is 2. The summed E-state index contributed by atoms with van der Waals surface area (Å²) in [5.41, 5.74) is 0. The number of aliphatic hydroxyl groups excluding tert-OH is 1. The van der Waals surface area contributed by atoms with Gasteiger partial charge < -0.3 is 9.67 Å². The van der Waals surface area contributed by atoms with Crippen molar-refractivity contribution in [3.8, 4) is 11.8 Å². The molecule has 1 aromatic heterocycles. The smallest absolute Gasteiger partial charge is 0.120 e. The summed E-state index contributed by atoms with van der Waals surface area (Å²) >= 11 is 0. The average Bonchev–Trinajstić information content (AvgIpc) is 2.52. The highest BCUT2D eigenvalue weighted by Gasteiger charge is 1.96. The first-order valence-electron chi connectivity index (χ1n) is 3.95. The Balaban J connectivity index is 2.62. The standard InChI is InChI=1S/C9H12N2O/c1-2-11-7-6-10-9(11)5-3-4-8-12/h6-7,12H,2,5,8H2,1H3. The Morgan fingerprint density at radius 3 is 3.08 bits per heavy atom. The van der Waals surface area contributed by atoms with Crippen molar-refractivity contribution in [2.45, 2.75) is 19.9 Å². The van der Waals surface area contributed by atoms with Gasteiger partial charge >= 0.3 is 0 Å². The second-order valence-corrected chi connectivity index (χ2v) is 2.32. The van der Waals surface area contributed by atoms with Gasteiger partial charge in [-0.2, -0.15) is 0 Å². The van der Waals surface area contributed by atoms with Gasteiger partial charge in [0.1, 0.15) is 12.4 Å². The van der Waals surface area contributed by atoms with Crippen LogP contribution in [-0.4, -0.2) is 21.3 Å². The van der Waals surface area contributed by atoms with Crippen LogP contribution in [0.2, 0.25) is 0 Å². The predicted molar refractivity (Wildman–Crippen MR) is 46.5 cm³/mol. The minimum Gasteiger partial charge on any atom is -0.384 e. The molecule has 0 fully saturated rings. The number of imidazole rings is 1. The first-order chi connectivity index (χ1) is 5.88. The summed E-state index contributed by atoms with van der Waals surface area (Å²) in [5.74, 6) is 6.38. The van der Waals surface area contributed by atoms with Crippen LogP contribution in [0.3, 0.4) is 0 Å². The number of nitrogens with zero attached hydrogens (tertiary/aromatic N) is 2. The van der Waals surface area contributed by atoms with E-state index in [-0.39, 0.29) is 6.61 Å². The Hall–Kier alpha value is -1.27. The van der Waals surface area contributed by atoms with E-state index in [0.29, 0.717) is 6.42 Å². The molecule has 0 bridgehead atoms. The molecule has 1 heterocycles. The zero-order chi connectivity index (χ0) is 8.81. The first kappa shape index (κ1) is 8.82. The van der Waals surface area contributed by atoms with E-state index >= 15 is 0 Å². The molecule has 0 amide bonds. The molecule has 1 rings (SSSR count). The van der Waals surface area contributed by atoms with Crippen molar-refractivity contribution < 1.29 is 5.11 Å². The van der Waals surface area contributed by atoms with Crippen molar-refractivity contribution in [1.82, 2.24) is 9.55 Å². The van der Waals surface area contributed by atoms with Crippen LogP contribution in [0.4, 0.5) is 0 Å². The summed E-state index contributed by atoms with van der Waals surface area (Å²) in [6, 6.07) is 0. The molecule has 0 atom stereocenters. The molecule has 0 unspecified atom stereocenters. The Bertz CT molecular complexity index is 293. The van der Waals surface area contributed by atoms with Gasteiger partial charge in [0.05, 0.1) is 6.42 Å². The maximum absolute atomic E-state index is 8.42. The van der Waals surface area contributed by atoms with Crippen LogP contribution < -0.4 is 0 Å². The molecule has 0 radical (unpaired) electrons. The predicted octanol–water partition coefficient (Wildman–Crippen LogP) is 0.441. The molecule has 0 aliphatic carbocycles. The van der Waals surface area contributed by atoms with E-state index in [1.165, 1.54) is 0 Å². The maximum atomic E-state index is 8.42. The lowest BCUT2D eigenvalue weighted by atomic mass is 10.4. The molecule has 3 nitrogen and oxygen atoms in total. The molecule has 0 spiro atoms. The van der Waals surface area contributed by atoms with Gasteiger partial charge in [0.15, 0.2) is 0 Å². The molecule has 0 saturated carbocycles. The largest absolute Gasteiger partial charge is 0.384 e. The fourth-order valence-electron chi connectivity index (χ4n) is 0.993. The zero-order valence-corrected chi connectivity index (χ0v) is 7.12. The van der Waals surface area contributed by atoms with Crippen LogP contribution in [-0.2, 0) is 13.0 Å². The van der Waals surface area contributed by atoms with E-state index in [9.17, 15) is 0 Å². The molecule has 64 valence electrons.